The summed E-state index contributed by atoms with van der Waals surface area (Å²) in [7, 11) is 1.24. The molecule has 9 atom stereocenters. The lowest BCUT2D eigenvalue weighted by Crippen LogP contribution is -2.70. The summed E-state index contributed by atoms with van der Waals surface area (Å²) in [6.07, 6.45) is 2.23. The second-order valence-electron chi connectivity index (χ2n) is 10.3. The number of allylic oxidation sites excluding steroid dienone is 4. The van der Waals surface area contributed by atoms with E-state index in [0.717, 1.165) is 0 Å². The number of carbonyl (C=O) groups excluding carboxylic acids is 3. The Morgan fingerprint density at radius 1 is 1.25 bits per heavy atom. The number of carbonyl (C=O) groups is 3. The van der Waals surface area contributed by atoms with Gasteiger partial charge in [-0.05, 0) is 48.8 Å². The van der Waals surface area contributed by atoms with E-state index in [4.69, 9.17) is 21.1 Å². The number of esters is 2. The van der Waals surface area contributed by atoms with Crippen LogP contribution in [0.5, 0.6) is 0 Å². The molecule has 0 aromatic heterocycles. The quantitative estimate of drug-likeness (QED) is 0.494. The van der Waals surface area contributed by atoms with Gasteiger partial charge in [0, 0.05) is 23.7 Å². The molecule has 0 aromatic carbocycles. The van der Waals surface area contributed by atoms with Crippen LogP contribution in [0.1, 0.15) is 47.0 Å². The predicted octanol–water partition coefficient (Wildman–Crippen LogP) is 3.30. The number of hydrogen-bond acceptors (Lipinski definition) is 6. The molecular weight excluding hydrogens is 439 g/mol. The second-order valence-corrected chi connectivity index (χ2v) is 10.9. The molecule has 0 heterocycles. The van der Waals surface area contributed by atoms with Gasteiger partial charge in [0.05, 0.1) is 18.1 Å². The Morgan fingerprint density at radius 2 is 1.91 bits per heavy atom. The molecule has 0 aromatic rings. The highest BCUT2D eigenvalue weighted by molar-refractivity contribution is 6.26. The fraction of sp³-hybridized carbons (Fsp3) is 0.708. The summed E-state index contributed by atoms with van der Waals surface area (Å²) >= 11 is 7.30. The third kappa shape index (κ3) is 2.58. The lowest BCUT2D eigenvalue weighted by atomic mass is 9.45. The molecule has 3 saturated carbocycles. The number of ketones is 1. The van der Waals surface area contributed by atoms with E-state index in [2.05, 4.69) is 0 Å². The highest BCUT2D eigenvalue weighted by Crippen LogP contribution is 2.72. The number of fused-ring (bicyclic) bond motifs is 5. The minimum absolute atomic E-state index is 0.00735. The molecule has 0 amide bonds. The molecule has 4 aliphatic carbocycles. The summed E-state index contributed by atoms with van der Waals surface area (Å²) in [6.45, 7) is 6.62. The number of rotatable bonds is 2. The summed E-state index contributed by atoms with van der Waals surface area (Å²) in [6, 6.07) is 0. The second kappa shape index (κ2) is 7.13. The Hall–Kier alpha value is -1.73. The lowest BCUT2D eigenvalue weighted by molar-refractivity contribution is -0.214. The van der Waals surface area contributed by atoms with Crippen molar-refractivity contribution < 1.29 is 33.4 Å². The zero-order valence-electron chi connectivity index (χ0n) is 19.0. The molecular formula is C24H30ClFO6. The third-order valence-corrected chi connectivity index (χ3v) is 9.89. The van der Waals surface area contributed by atoms with E-state index in [9.17, 15) is 19.5 Å². The summed E-state index contributed by atoms with van der Waals surface area (Å²) < 4.78 is 26.4. The zero-order valence-corrected chi connectivity index (χ0v) is 19.7. The fourth-order valence-electron chi connectivity index (χ4n) is 7.60. The Labute approximate surface area is 192 Å². The summed E-state index contributed by atoms with van der Waals surface area (Å²) in [5.41, 5.74) is -3.42. The van der Waals surface area contributed by atoms with Gasteiger partial charge in [0.25, 0.3) is 0 Å². The summed E-state index contributed by atoms with van der Waals surface area (Å²) in [5.74, 6) is -2.88. The van der Waals surface area contributed by atoms with Crippen molar-refractivity contribution in [1.29, 1.82) is 0 Å². The maximum atomic E-state index is 15.5. The van der Waals surface area contributed by atoms with Gasteiger partial charge in [-0.15, -0.1) is 11.6 Å². The van der Waals surface area contributed by atoms with Crippen LogP contribution in [0.2, 0.25) is 0 Å². The Morgan fingerprint density at radius 3 is 2.50 bits per heavy atom. The minimum Gasteiger partial charge on any atom is -0.466 e. The Bertz CT molecular complexity index is 947. The van der Waals surface area contributed by atoms with Crippen molar-refractivity contribution in [3.8, 4) is 0 Å². The van der Waals surface area contributed by atoms with Crippen LogP contribution in [0.3, 0.4) is 0 Å². The SMILES string of the molecule is COC(=O)[C@@]1(OC(C)=O)[C@@H](C)C[C@H]2[C@@H]3C[C@H](F)C4=CC(=O)C=C[C@]4(C)[C@@]3(Cl)[C@@H](O)C[C@@]21C. The molecule has 4 aliphatic rings. The van der Waals surface area contributed by atoms with Crippen molar-refractivity contribution in [2.75, 3.05) is 7.11 Å². The first-order chi connectivity index (χ1) is 14.8. The number of alkyl halides is 2. The van der Waals surface area contributed by atoms with Crippen LogP contribution < -0.4 is 0 Å². The van der Waals surface area contributed by atoms with E-state index in [1.54, 1.807) is 13.0 Å². The van der Waals surface area contributed by atoms with Crippen molar-refractivity contribution >= 4 is 29.3 Å². The summed E-state index contributed by atoms with van der Waals surface area (Å²) in [5, 5.41) is 11.5. The average Bonchev–Trinajstić information content (AvgIpc) is 2.92. The van der Waals surface area contributed by atoms with Crippen LogP contribution in [-0.4, -0.2) is 52.7 Å². The number of ether oxygens (including phenoxy) is 2. The number of hydrogen-bond donors (Lipinski definition) is 1. The highest BCUT2D eigenvalue weighted by Gasteiger charge is 2.77. The largest absolute Gasteiger partial charge is 0.466 e. The topological polar surface area (TPSA) is 89.9 Å². The van der Waals surface area contributed by atoms with Gasteiger partial charge in [0.2, 0.25) is 5.60 Å². The van der Waals surface area contributed by atoms with Gasteiger partial charge >= 0.3 is 11.9 Å². The van der Waals surface area contributed by atoms with E-state index >= 15 is 4.39 Å². The molecule has 32 heavy (non-hydrogen) atoms. The van der Waals surface area contributed by atoms with Crippen molar-refractivity contribution in [2.45, 2.75) is 69.7 Å². The van der Waals surface area contributed by atoms with Crippen molar-refractivity contribution in [3.63, 3.8) is 0 Å². The maximum Gasteiger partial charge on any atom is 0.351 e. The van der Waals surface area contributed by atoms with Crippen LogP contribution in [0.4, 0.5) is 4.39 Å². The predicted molar refractivity (Wildman–Crippen MR) is 114 cm³/mol. The first-order valence-electron chi connectivity index (χ1n) is 11.0. The standard InChI is InChI=1S/C24H30ClFO6/c1-12-8-15-16-10-18(26)17-9-14(28)6-7-21(17,3)23(16,25)19(29)11-22(15,4)24(12,20(30)31-5)32-13(2)27/h6-7,9,12,15-16,18-19,29H,8,10-11H2,1-5H3/t12-,15-,16-,18-,19-,21-,22-,23-,24-/m0/s1. The fourth-order valence-corrected chi connectivity index (χ4v) is 8.09. The molecule has 4 rings (SSSR count). The number of aliphatic hydroxyl groups excluding tert-OH is 1. The van der Waals surface area contributed by atoms with Crippen LogP contribution in [0.25, 0.3) is 0 Å². The van der Waals surface area contributed by atoms with Gasteiger partial charge < -0.3 is 14.6 Å². The van der Waals surface area contributed by atoms with E-state index in [-0.39, 0.29) is 30.1 Å². The van der Waals surface area contributed by atoms with Crippen LogP contribution >= 0.6 is 11.6 Å². The van der Waals surface area contributed by atoms with E-state index < -0.39 is 57.4 Å². The van der Waals surface area contributed by atoms with Gasteiger partial charge in [-0.25, -0.2) is 9.18 Å². The van der Waals surface area contributed by atoms with Crippen molar-refractivity contribution in [1.82, 2.24) is 0 Å². The first-order valence-corrected chi connectivity index (χ1v) is 11.4. The van der Waals surface area contributed by atoms with E-state index in [1.165, 1.54) is 26.2 Å². The van der Waals surface area contributed by atoms with Crippen LogP contribution in [0.15, 0.2) is 23.8 Å². The van der Waals surface area contributed by atoms with Gasteiger partial charge in [0.1, 0.15) is 6.17 Å². The van der Waals surface area contributed by atoms with Crippen molar-refractivity contribution in [3.05, 3.63) is 23.8 Å². The lowest BCUT2D eigenvalue weighted by Gasteiger charge is -2.64. The van der Waals surface area contributed by atoms with Gasteiger partial charge in [-0.1, -0.05) is 26.8 Å². The number of methoxy groups -OCH3 is 1. The molecule has 1 N–H and O–H groups in total. The Kier molecular flexibility index (Phi) is 5.22. The molecule has 8 heteroatoms. The summed E-state index contributed by atoms with van der Waals surface area (Å²) in [4.78, 5) is 35.9. The molecule has 0 bridgehead atoms. The smallest absolute Gasteiger partial charge is 0.351 e. The molecule has 0 spiro atoms. The molecule has 0 unspecified atom stereocenters. The van der Waals surface area contributed by atoms with Gasteiger partial charge in [-0.3, -0.25) is 9.59 Å². The first kappa shape index (κ1) is 23.4. The molecule has 3 fully saturated rings. The van der Waals surface area contributed by atoms with Crippen LogP contribution in [0, 0.1) is 28.6 Å². The van der Waals surface area contributed by atoms with Gasteiger partial charge in [0.15, 0.2) is 5.78 Å². The van der Waals surface area contributed by atoms with E-state index in [1.807, 2.05) is 13.8 Å². The molecule has 176 valence electrons. The minimum atomic E-state index is -1.61. The molecule has 0 aliphatic heterocycles. The highest BCUT2D eigenvalue weighted by atomic mass is 35.5. The maximum absolute atomic E-state index is 15.5. The van der Waals surface area contributed by atoms with Crippen LogP contribution in [-0.2, 0) is 23.9 Å². The average molecular weight is 469 g/mol. The molecule has 0 radical (unpaired) electrons. The van der Waals surface area contributed by atoms with E-state index in [0.29, 0.717) is 6.42 Å². The Balaban J connectivity index is 1.89. The number of aliphatic hydroxyl groups is 1. The molecule has 0 saturated heterocycles. The third-order valence-electron chi connectivity index (χ3n) is 8.96. The number of halogens is 2. The monoisotopic (exact) mass is 468 g/mol. The normalized spacial score (nSPS) is 49.4. The zero-order chi connectivity index (χ0) is 23.9. The molecule has 6 nitrogen and oxygen atoms in total. The van der Waals surface area contributed by atoms with Gasteiger partial charge in [-0.2, -0.15) is 0 Å². The van der Waals surface area contributed by atoms with Crippen molar-refractivity contribution in [2.24, 2.45) is 28.6 Å².